The van der Waals surface area contributed by atoms with Gasteiger partial charge in [-0.3, -0.25) is 19.2 Å². The molecule has 0 aromatic rings. The quantitative estimate of drug-likeness (QED) is 0.474. The summed E-state index contributed by atoms with van der Waals surface area (Å²) < 4.78 is 0. The molecule has 1 heterocycles. The highest BCUT2D eigenvalue weighted by atomic mass is 16.2. The fraction of sp³-hybridized carbons (Fsp3) is 0. The molecule has 0 bridgehead atoms. The van der Waals surface area contributed by atoms with Crippen molar-refractivity contribution in [1.82, 2.24) is 4.98 Å². The third kappa shape index (κ3) is 0.868. The van der Waals surface area contributed by atoms with E-state index in [1.54, 1.807) is 0 Å². The first-order chi connectivity index (χ1) is 6.11. The van der Waals surface area contributed by atoms with Crippen LogP contribution in [0.15, 0.2) is 31.3 Å². The molecule has 5 nitrogen and oxygen atoms in total. The lowest BCUT2D eigenvalue weighted by Crippen LogP contribution is -2.30. The summed E-state index contributed by atoms with van der Waals surface area (Å²) in [4.78, 5) is 45.9. The highest BCUT2D eigenvalue weighted by molar-refractivity contribution is 5.11. The van der Waals surface area contributed by atoms with Crippen LogP contribution < -0.4 is 21.8 Å². The molecule has 0 saturated carbocycles. The lowest BCUT2D eigenvalue weighted by atomic mass is 10.3. The van der Waals surface area contributed by atoms with Crippen molar-refractivity contribution in [2.24, 2.45) is 0 Å². The Hall–Kier alpha value is -2.04. The first-order valence-electron chi connectivity index (χ1n) is 3.48. The highest BCUT2D eigenvalue weighted by Gasteiger charge is 2.06. The third-order valence-electron chi connectivity index (χ3n) is 1.80. The molecule has 0 saturated heterocycles. The van der Waals surface area contributed by atoms with E-state index in [1.807, 2.05) is 0 Å². The Balaban J connectivity index is 3.46. The summed E-state index contributed by atoms with van der Waals surface area (Å²) in [5, 5.41) is -0.211. The summed E-state index contributed by atoms with van der Waals surface area (Å²) in [5.41, 5.74) is -3.49. The molecule has 2 aliphatic rings. The van der Waals surface area contributed by atoms with Gasteiger partial charge in [-0.2, -0.15) is 0 Å². The molecule has 0 aromatic heterocycles. The molecule has 1 aliphatic carbocycles. The van der Waals surface area contributed by atoms with Crippen molar-refractivity contribution in [1.29, 1.82) is 0 Å². The van der Waals surface area contributed by atoms with Crippen LogP contribution in [0.3, 0.4) is 0 Å². The first kappa shape index (κ1) is 7.60. The second-order valence-electron chi connectivity index (χ2n) is 2.60. The van der Waals surface area contributed by atoms with Gasteiger partial charge in [0.05, 0.1) is 5.35 Å². The normalized spacial score (nSPS) is 10.8. The van der Waals surface area contributed by atoms with Crippen LogP contribution in [-0.2, 0) is 0 Å². The van der Waals surface area contributed by atoms with Gasteiger partial charge in [-0.1, -0.05) is 0 Å². The minimum atomic E-state index is -0.933. The zero-order valence-corrected chi connectivity index (χ0v) is 6.29. The predicted octanol–water partition coefficient (Wildman–Crippen LogP) is -1.94. The smallest absolute Gasteiger partial charge is 0.297 e. The summed E-state index contributed by atoms with van der Waals surface area (Å²) in [5.74, 6) is 0. The van der Waals surface area contributed by atoms with E-state index in [1.165, 1.54) is 6.07 Å². The molecule has 0 radical (unpaired) electrons. The Morgan fingerprint density at radius 3 is 2.31 bits per heavy atom. The summed E-state index contributed by atoms with van der Waals surface area (Å²) in [6.07, 6.45) is 0. The Kier molecular flexibility index (Phi) is 1.30. The standard InChI is InChI=1S/C8H3NO4/c10-4-2-1-3-5(6(4)11)7(12)8(13)9-3/h1-2H,(H,9,12,13). The fourth-order valence-corrected chi connectivity index (χ4v) is 1.19. The van der Waals surface area contributed by atoms with Crippen molar-refractivity contribution >= 4 is 0 Å². The van der Waals surface area contributed by atoms with Gasteiger partial charge in [-0.15, -0.1) is 0 Å². The molecule has 0 unspecified atom stereocenters. The molecule has 64 valence electrons. The SMILES string of the molecule is O=c1ccc2[nH]c(=O)c(=O)c=2c1=O. The van der Waals surface area contributed by atoms with E-state index in [4.69, 9.17) is 0 Å². The van der Waals surface area contributed by atoms with Crippen LogP contribution in [0.5, 0.6) is 0 Å². The van der Waals surface area contributed by atoms with Crippen LogP contribution in [0.4, 0.5) is 0 Å². The van der Waals surface area contributed by atoms with Crippen molar-refractivity contribution < 1.29 is 0 Å². The molecule has 0 fully saturated rings. The van der Waals surface area contributed by atoms with Crippen LogP contribution >= 0.6 is 0 Å². The Bertz CT molecular complexity index is 717. The van der Waals surface area contributed by atoms with E-state index in [0.717, 1.165) is 6.07 Å². The molecule has 0 aromatic carbocycles. The van der Waals surface area contributed by atoms with Gasteiger partial charge in [0.25, 0.3) is 11.0 Å². The lowest BCUT2D eigenvalue weighted by molar-refractivity contribution is 1.23. The van der Waals surface area contributed by atoms with Crippen molar-refractivity contribution in [2.45, 2.75) is 0 Å². The zero-order valence-electron chi connectivity index (χ0n) is 6.29. The summed E-state index contributed by atoms with van der Waals surface area (Å²) in [6, 6.07) is 2.28. The number of aromatic amines is 1. The molecule has 2 rings (SSSR count). The van der Waals surface area contributed by atoms with Crippen LogP contribution in [-0.4, -0.2) is 4.98 Å². The van der Waals surface area contributed by atoms with E-state index in [2.05, 4.69) is 4.98 Å². The van der Waals surface area contributed by atoms with Crippen LogP contribution in [0, 0.1) is 10.6 Å². The summed E-state index contributed by atoms with van der Waals surface area (Å²) in [6.45, 7) is 0. The van der Waals surface area contributed by atoms with Gasteiger partial charge in [0.2, 0.25) is 10.9 Å². The number of hydrogen-bond donors (Lipinski definition) is 1. The lowest BCUT2D eigenvalue weighted by Gasteiger charge is -1.76. The van der Waals surface area contributed by atoms with Crippen molar-refractivity contribution in [3.05, 3.63) is 63.7 Å². The topological polar surface area (TPSA) is 84.1 Å². The predicted molar refractivity (Wildman–Crippen MR) is 43.5 cm³/mol. The Labute approximate surface area is 69.6 Å². The van der Waals surface area contributed by atoms with Gasteiger partial charge in [0.1, 0.15) is 5.22 Å². The number of aromatic nitrogens is 1. The van der Waals surface area contributed by atoms with Gasteiger partial charge < -0.3 is 4.98 Å². The summed E-state index contributed by atoms with van der Waals surface area (Å²) >= 11 is 0. The van der Waals surface area contributed by atoms with Crippen molar-refractivity contribution in [3.63, 3.8) is 0 Å². The third-order valence-corrected chi connectivity index (χ3v) is 1.80. The van der Waals surface area contributed by atoms with Gasteiger partial charge in [-0.25, -0.2) is 0 Å². The van der Waals surface area contributed by atoms with Crippen LogP contribution in [0.2, 0.25) is 0 Å². The van der Waals surface area contributed by atoms with Crippen LogP contribution in [0.25, 0.3) is 0 Å². The number of nitrogens with one attached hydrogen (secondary N) is 1. The average molecular weight is 177 g/mol. The Morgan fingerprint density at radius 1 is 0.923 bits per heavy atom. The molecular weight excluding hydrogens is 174 g/mol. The molecule has 5 heteroatoms. The molecule has 1 aliphatic heterocycles. The molecule has 0 spiro atoms. The van der Waals surface area contributed by atoms with E-state index >= 15 is 0 Å². The van der Waals surface area contributed by atoms with Crippen LogP contribution in [0.1, 0.15) is 0 Å². The minimum absolute atomic E-state index is 0.125. The van der Waals surface area contributed by atoms with Crippen molar-refractivity contribution in [2.75, 3.05) is 0 Å². The van der Waals surface area contributed by atoms with E-state index in [9.17, 15) is 19.2 Å². The molecular formula is C8H3NO4. The van der Waals surface area contributed by atoms with Gasteiger partial charge in [-0.05, 0) is 12.1 Å². The van der Waals surface area contributed by atoms with Gasteiger partial charge in [0, 0.05) is 0 Å². The minimum Gasteiger partial charge on any atom is -0.318 e. The second-order valence-corrected chi connectivity index (χ2v) is 2.60. The maximum atomic E-state index is 11.1. The van der Waals surface area contributed by atoms with E-state index < -0.39 is 21.8 Å². The van der Waals surface area contributed by atoms with Gasteiger partial charge >= 0.3 is 0 Å². The molecule has 1 N–H and O–H groups in total. The largest absolute Gasteiger partial charge is 0.318 e. The number of H-pyrrole nitrogens is 1. The monoisotopic (exact) mass is 177 g/mol. The summed E-state index contributed by atoms with van der Waals surface area (Å²) in [7, 11) is 0. The maximum absolute atomic E-state index is 11.1. The van der Waals surface area contributed by atoms with E-state index in [-0.39, 0.29) is 10.6 Å². The Morgan fingerprint density at radius 2 is 1.62 bits per heavy atom. The second kappa shape index (κ2) is 2.22. The first-order valence-corrected chi connectivity index (χ1v) is 3.48. The average Bonchev–Trinajstić information content (AvgIpc) is 2.37. The molecule has 0 atom stereocenters. The van der Waals surface area contributed by atoms with E-state index in [0.29, 0.717) is 0 Å². The fourth-order valence-electron chi connectivity index (χ4n) is 1.19. The van der Waals surface area contributed by atoms with Gasteiger partial charge in [0.15, 0.2) is 0 Å². The molecule has 13 heavy (non-hydrogen) atoms. The molecule has 0 amide bonds. The maximum Gasteiger partial charge on any atom is 0.297 e. The highest BCUT2D eigenvalue weighted by Crippen LogP contribution is 1.77. The number of hydrogen-bond acceptors (Lipinski definition) is 4. The number of rotatable bonds is 0. The van der Waals surface area contributed by atoms with Crippen molar-refractivity contribution in [3.8, 4) is 0 Å². The zero-order chi connectivity index (χ0) is 9.59.